The molecule has 0 saturated carbocycles. The molecule has 11 heteroatoms. The highest BCUT2D eigenvalue weighted by Gasteiger charge is 2.53. The number of fused-ring (bicyclic) bond motifs is 2. The molecule has 176 valence electrons. The van der Waals surface area contributed by atoms with Gasteiger partial charge in [-0.1, -0.05) is 0 Å². The number of aromatic nitrogens is 2. The van der Waals surface area contributed by atoms with Crippen LogP contribution in [0.4, 0.5) is 20.2 Å². The maximum Gasteiger partial charge on any atom is 0.487 e. The number of benzene rings is 2. The second kappa shape index (κ2) is 8.07. The molecular formula is C23H20ClF2N5O3. The van der Waals surface area contributed by atoms with Crippen LogP contribution < -0.4 is 20.3 Å². The lowest BCUT2D eigenvalue weighted by molar-refractivity contribution is -0.122. The van der Waals surface area contributed by atoms with Crippen molar-refractivity contribution in [1.82, 2.24) is 15.5 Å². The first-order chi connectivity index (χ1) is 16.2. The molecule has 3 heterocycles. The van der Waals surface area contributed by atoms with Gasteiger partial charge in [0, 0.05) is 59.5 Å². The van der Waals surface area contributed by atoms with E-state index in [1.165, 1.54) is 24.3 Å². The molecule has 3 aromatic rings. The lowest BCUT2D eigenvalue weighted by Gasteiger charge is -2.23. The molecule has 2 aromatic carbocycles. The average Bonchev–Trinajstić information content (AvgIpc) is 3.53. The fourth-order valence-electron chi connectivity index (χ4n) is 4.71. The third kappa shape index (κ3) is 3.78. The Kier molecular flexibility index (Phi) is 5.29. The number of carbonyl (C=O) groups excluding carboxylic acids is 2. The van der Waals surface area contributed by atoms with Gasteiger partial charge in [-0.3, -0.25) is 14.7 Å². The van der Waals surface area contributed by atoms with E-state index in [1.54, 1.807) is 36.3 Å². The Hall–Kier alpha value is -3.50. The third-order valence-corrected chi connectivity index (χ3v) is 6.29. The Balaban J connectivity index is 1.51. The van der Waals surface area contributed by atoms with Crippen LogP contribution in [0.2, 0.25) is 0 Å². The number of nitrogens with one attached hydrogen (secondary N) is 3. The Morgan fingerprint density at radius 2 is 2.03 bits per heavy atom. The normalized spacial score (nSPS) is 19.5. The first kappa shape index (κ1) is 22.3. The number of anilines is 2. The van der Waals surface area contributed by atoms with Crippen molar-refractivity contribution >= 4 is 34.8 Å². The van der Waals surface area contributed by atoms with Gasteiger partial charge in [0.2, 0.25) is 5.91 Å². The lowest BCUT2D eigenvalue weighted by atomic mass is 9.77. The van der Waals surface area contributed by atoms with Crippen LogP contribution in [0.1, 0.15) is 22.3 Å². The summed E-state index contributed by atoms with van der Waals surface area (Å²) in [4.78, 5) is 28.0. The van der Waals surface area contributed by atoms with Gasteiger partial charge in [0.25, 0.3) is 5.91 Å². The fraction of sp³-hybridized carbons (Fsp3) is 0.261. The smallest absolute Gasteiger partial charge is 0.420 e. The number of likely N-dealkylation sites (N-methyl/N-ethyl adjacent to an activating group) is 1. The molecule has 0 bridgehead atoms. The van der Waals surface area contributed by atoms with Gasteiger partial charge >= 0.3 is 5.57 Å². The largest absolute Gasteiger partial charge is 0.487 e. The van der Waals surface area contributed by atoms with E-state index in [0.717, 1.165) is 12.1 Å². The number of ether oxygens (including phenoxy) is 1. The number of aromatic amines is 1. The van der Waals surface area contributed by atoms with Crippen molar-refractivity contribution < 1.29 is 23.1 Å². The van der Waals surface area contributed by atoms with Crippen molar-refractivity contribution in [2.75, 3.05) is 30.4 Å². The standard InChI is InChI=1S/C23H20ClF2N5O3/c1-31-18-11-13(20(32)29-14-2-4-15(5-3-14)34-23(24,25)26)10-16(17-6-8-28-30-17)19(18)22(21(31)33)7-9-27-12-22/h2-6,8,10-11,27H,7,9,12H2,1H3,(H,28,30)(H,29,32). The number of hydrogen-bond acceptors (Lipinski definition) is 5. The number of hydrogen-bond donors (Lipinski definition) is 3. The number of nitrogens with zero attached hydrogens (tertiary/aromatic N) is 2. The molecule has 2 aliphatic rings. The number of rotatable bonds is 5. The summed E-state index contributed by atoms with van der Waals surface area (Å²) in [6.07, 6.45) is 2.34. The second-order valence-electron chi connectivity index (χ2n) is 8.28. The molecule has 34 heavy (non-hydrogen) atoms. The first-order valence-corrected chi connectivity index (χ1v) is 10.9. The highest BCUT2D eigenvalue weighted by atomic mass is 35.5. The van der Waals surface area contributed by atoms with Crippen molar-refractivity contribution in [3.63, 3.8) is 0 Å². The van der Waals surface area contributed by atoms with Gasteiger partial charge in [-0.25, -0.2) is 0 Å². The van der Waals surface area contributed by atoms with Crippen LogP contribution in [0.15, 0.2) is 48.7 Å². The molecule has 1 atom stereocenters. The zero-order valence-corrected chi connectivity index (χ0v) is 18.7. The van der Waals surface area contributed by atoms with Crippen LogP contribution in [0.3, 0.4) is 0 Å². The van der Waals surface area contributed by atoms with Gasteiger partial charge in [-0.15, -0.1) is 8.78 Å². The zero-order chi connectivity index (χ0) is 24.1. The summed E-state index contributed by atoms with van der Waals surface area (Å²) in [6, 6.07) is 10.6. The van der Waals surface area contributed by atoms with Crippen molar-refractivity contribution in [2.24, 2.45) is 0 Å². The molecule has 1 saturated heterocycles. The minimum absolute atomic E-state index is 0.0199. The van der Waals surface area contributed by atoms with E-state index in [2.05, 4.69) is 25.6 Å². The number of alkyl halides is 3. The topological polar surface area (TPSA) is 99.4 Å². The minimum atomic E-state index is -3.83. The average molecular weight is 488 g/mol. The summed E-state index contributed by atoms with van der Waals surface area (Å²) in [5, 5.41) is 13.1. The molecule has 3 N–H and O–H groups in total. The van der Waals surface area contributed by atoms with Gasteiger partial charge in [-0.05, 0) is 55.4 Å². The zero-order valence-electron chi connectivity index (χ0n) is 18.0. The summed E-state index contributed by atoms with van der Waals surface area (Å²) < 4.78 is 29.9. The molecule has 1 fully saturated rings. The summed E-state index contributed by atoms with van der Waals surface area (Å²) in [6.45, 7) is 1.23. The SMILES string of the molecule is CN1C(=O)C2(CCNC2)c2c(-c3cc[nH]n3)cc(C(=O)Nc3ccc(OC(F)(F)Cl)cc3)cc21. The number of halogens is 3. The third-order valence-electron chi connectivity index (χ3n) is 6.21. The maximum atomic E-state index is 13.3. The molecule has 2 aliphatic heterocycles. The van der Waals surface area contributed by atoms with E-state index < -0.39 is 16.9 Å². The van der Waals surface area contributed by atoms with Gasteiger partial charge < -0.3 is 20.3 Å². The number of carbonyl (C=O) groups is 2. The lowest BCUT2D eigenvalue weighted by Crippen LogP contribution is -2.40. The molecule has 1 aromatic heterocycles. The number of H-pyrrole nitrogens is 1. The molecular weight excluding hydrogens is 468 g/mol. The van der Waals surface area contributed by atoms with E-state index in [9.17, 15) is 18.4 Å². The second-order valence-corrected chi connectivity index (χ2v) is 8.72. The summed E-state index contributed by atoms with van der Waals surface area (Å²) in [5.74, 6) is -0.595. The van der Waals surface area contributed by atoms with Crippen LogP contribution in [-0.4, -0.2) is 47.7 Å². The van der Waals surface area contributed by atoms with Crippen LogP contribution in [0.25, 0.3) is 11.3 Å². The van der Waals surface area contributed by atoms with Crippen LogP contribution in [0.5, 0.6) is 5.75 Å². The van der Waals surface area contributed by atoms with E-state index in [4.69, 9.17) is 11.6 Å². The predicted molar refractivity (Wildman–Crippen MR) is 122 cm³/mol. The number of amides is 2. The van der Waals surface area contributed by atoms with Crippen molar-refractivity contribution in [1.29, 1.82) is 0 Å². The Morgan fingerprint density at radius 1 is 1.26 bits per heavy atom. The maximum absolute atomic E-state index is 13.3. The summed E-state index contributed by atoms with van der Waals surface area (Å²) >= 11 is 4.78. The Bertz CT molecular complexity index is 1250. The fourth-order valence-corrected chi connectivity index (χ4v) is 4.80. The van der Waals surface area contributed by atoms with Crippen molar-refractivity contribution in [2.45, 2.75) is 17.4 Å². The van der Waals surface area contributed by atoms with Gasteiger partial charge in [0.05, 0.1) is 11.1 Å². The van der Waals surface area contributed by atoms with E-state index in [0.29, 0.717) is 41.2 Å². The Labute approximate surface area is 198 Å². The highest BCUT2D eigenvalue weighted by molar-refractivity contribution is 6.20. The predicted octanol–water partition coefficient (Wildman–Crippen LogP) is 3.70. The monoisotopic (exact) mass is 487 g/mol. The molecule has 0 radical (unpaired) electrons. The van der Waals surface area contributed by atoms with E-state index in [-0.39, 0.29) is 11.7 Å². The molecule has 2 amide bonds. The molecule has 5 rings (SSSR count). The Morgan fingerprint density at radius 3 is 2.65 bits per heavy atom. The highest BCUT2D eigenvalue weighted by Crippen LogP contribution is 2.49. The van der Waals surface area contributed by atoms with Gasteiger partial charge in [0.1, 0.15) is 5.75 Å². The molecule has 0 aliphatic carbocycles. The summed E-state index contributed by atoms with van der Waals surface area (Å²) in [5.41, 5.74) is -0.974. The minimum Gasteiger partial charge on any atom is -0.420 e. The van der Waals surface area contributed by atoms with E-state index >= 15 is 0 Å². The van der Waals surface area contributed by atoms with Crippen LogP contribution in [-0.2, 0) is 10.2 Å². The van der Waals surface area contributed by atoms with Crippen LogP contribution in [0, 0.1) is 0 Å². The van der Waals surface area contributed by atoms with Crippen LogP contribution >= 0.6 is 11.6 Å². The quantitative estimate of drug-likeness (QED) is 0.477. The summed E-state index contributed by atoms with van der Waals surface area (Å²) in [7, 11) is 1.70. The molecule has 1 unspecified atom stereocenters. The molecule has 8 nitrogen and oxygen atoms in total. The van der Waals surface area contributed by atoms with Crippen molar-refractivity contribution in [3.05, 3.63) is 59.8 Å². The van der Waals surface area contributed by atoms with Crippen molar-refractivity contribution in [3.8, 4) is 17.0 Å². The molecule has 1 spiro atoms. The van der Waals surface area contributed by atoms with E-state index in [1.807, 2.05) is 0 Å². The van der Waals surface area contributed by atoms with Gasteiger partial charge in [0.15, 0.2) is 0 Å². The first-order valence-electron chi connectivity index (χ1n) is 10.5. The van der Waals surface area contributed by atoms with Gasteiger partial charge in [-0.2, -0.15) is 5.10 Å².